The molecule has 0 aliphatic rings. The third kappa shape index (κ3) is 3.68. The number of rotatable bonds is 8. The number of carbonyl (C=O) groups is 2. The first-order chi connectivity index (χ1) is 11.6. The molecule has 4 aromatic rings. The van der Waals surface area contributed by atoms with E-state index in [4.69, 9.17) is 13.9 Å². The quantitative estimate of drug-likeness (QED) is 0.316. The molecule has 0 unspecified atom stereocenters. The maximum absolute atomic E-state index is 11.9. The Labute approximate surface area is 148 Å². The fourth-order valence-corrected chi connectivity index (χ4v) is 4.44. The number of thioether (sulfide) groups is 1. The first kappa shape index (κ1) is 17.1. The van der Waals surface area contributed by atoms with Crippen LogP contribution in [0.5, 0.6) is 0 Å². The Morgan fingerprint density at radius 1 is 1.38 bits per heavy atom. The van der Waals surface area contributed by atoms with Crippen LogP contribution in [0.2, 0.25) is 0 Å². The number of hydrogen-bond acceptors (Lipinski definition) is 7. The van der Waals surface area contributed by atoms with E-state index in [1.807, 2.05) is 9.71 Å². The monoisotopic (exact) mass is 416 g/mol. The molecule has 0 amide bonds. The van der Waals surface area contributed by atoms with Crippen molar-refractivity contribution in [3.8, 4) is 11.1 Å². The molecular weight excluding hydrogens is 399 g/mol. The van der Waals surface area contributed by atoms with Crippen molar-refractivity contribution < 1.29 is 23.5 Å². The zero-order chi connectivity index (χ0) is 17.1. The summed E-state index contributed by atoms with van der Waals surface area (Å²) >= 11 is 1.82. The van der Waals surface area contributed by atoms with Crippen LogP contribution < -0.4 is 0 Å². The minimum absolute atomic E-state index is 0.204. The maximum atomic E-state index is 11.9. The Kier molecular flexibility index (Phi) is 5.33. The van der Waals surface area contributed by atoms with Crippen LogP contribution >= 0.6 is 11.8 Å². The van der Waals surface area contributed by atoms with Crippen molar-refractivity contribution in [1.29, 1.82) is 0 Å². The van der Waals surface area contributed by atoms with Crippen LogP contribution in [0.15, 0.2) is 16.7 Å². The number of furan rings is 1. The summed E-state index contributed by atoms with van der Waals surface area (Å²) < 4.78 is 18.6. The van der Waals surface area contributed by atoms with Gasteiger partial charge in [0.15, 0.2) is 0 Å². The Morgan fingerprint density at radius 2 is 2.17 bits per heavy atom. The second kappa shape index (κ2) is 7.46. The Morgan fingerprint density at radius 3 is 2.79 bits per heavy atom. The Bertz CT molecular complexity index is 821. The molecule has 0 atom stereocenters. The molecule has 0 spiro atoms. The van der Waals surface area contributed by atoms with Crippen LogP contribution in [0.3, 0.4) is 0 Å². The van der Waals surface area contributed by atoms with E-state index in [0.717, 1.165) is 15.5 Å². The first-order valence-electron chi connectivity index (χ1n) is 7.37. The summed E-state index contributed by atoms with van der Waals surface area (Å²) in [7, 11) is 0. The van der Waals surface area contributed by atoms with Gasteiger partial charge in [0.25, 0.3) is 0 Å². The zero-order valence-electron chi connectivity index (χ0n) is 13.2. The molecule has 0 aromatic carbocycles. The third-order valence-electron chi connectivity index (χ3n) is 3.18. The molecule has 24 heavy (non-hydrogen) atoms. The van der Waals surface area contributed by atoms with Crippen LogP contribution in [0.4, 0.5) is 0 Å². The number of hydrogen-bond donors (Lipinski definition) is 0. The average Bonchev–Trinajstić information content (AvgIpc) is 3.18. The van der Waals surface area contributed by atoms with Gasteiger partial charge >= 0.3 is 148 Å². The van der Waals surface area contributed by atoms with Gasteiger partial charge in [0.2, 0.25) is 0 Å². The Balaban J connectivity index is 1.73. The number of ether oxygens (including phenoxy) is 2. The molecule has 2 bridgehead atoms. The summed E-state index contributed by atoms with van der Waals surface area (Å²) in [6.45, 7) is 3.80. The van der Waals surface area contributed by atoms with Gasteiger partial charge in [-0.25, -0.2) is 0 Å². The molecule has 4 rings (SSSR count). The normalized spacial score (nSPS) is 11.2. The van der Waals surface area contributed by atoms with Gasteiger partial charge in [-0.3, -0.25) is 0 Å². The molecular formula is C15H16N2O5SSe. The van der Waals surface area contributed by atoms with Gasteiger partial charge in [-0.15, -0.1) is 0 Å². The molecule has 0 fully saturated rings. The van der Waals surface area contributed by atoms with Gasteiger partial charge in [0, 0.05) is 0 Å². The standard InChI is InChI=1S/C15H16N2O5SSe/c1-3-20-15(19)12-6-10(11-7-17-16-14(11)24-17)13(22-12)8-23-5-4-21-9(2)18/h6-7H,3-5,8H2,1-2H3. The van der Waals surface area contributed by atoms with Crippen molar-refractivity contribution in [2.45, 2.75) is 19.6 Å². The van der Waals surface area contributed by atoms with Crippen molar-refractivity contribution >= 4 is 42.8 Å². The van der Waals surface area contributed by atoms with Crippen LogP contribution in [-0.2, 0) is 20.0 Å². The summed E-state index contributed by atoms with van der Waals surface area (Å²) in [5, 5.41) is 4.31. The zero-order valence-corrected chi connectivity index (χ0v) is 15.8. The van der Waals surface area contributed by atoms with E-state index in [0.29, 0.717) is 30.5 Å². The number of carbonyl (C=O) groups excluding carboxylic acids is 2. The van der Waals surface area contributed by atoms with E-state index in [9.17, 15) is 9.59 Å². The van der Waals surface area contributed by atoms with E-state index in [1.165, 1.54) is 6.92 Å². The van der Waals surface area contributed by atoms with E-state index >= 15 is 0 Å². The number of nitrogens with zero attached hydrogens (tertiary/aromatic N) is 2. The summed E-state index contributed by atoms with van der Waals surface area (Å²) in [5.41, 5.74) is 1.91. The van der Waals surface area contributed by atoms with E-state index in [-0.39, 0.29) is 26.5 Å². The second-order valence-corrected chi connectivity index (χ2v) is 7.99. The molecule has 7 nitrogen and oxygen atoms in total. The van der Waals surface area contributed by atoms with E-state index < -0.39 is 5.97 Å². The van der Waals surface area contributed by atoms with Gasteiger partial charge in [0.05, 0.1) is 0 Å². The molecule has 0 aliphatic heterocycles. The molecule has 4 heterocycles. The van der Waals surface area contributed by atoms with Crippen LogP contribution in [0.1, 0.15) is 30.2 Å². The van der Waals surface area contributed by atoms with Gasteiger partial charge in [-0.1, -0.05) is 0 Å². The van der Waals surface area contributed by atoms with Gasteiger partial charge in [0.1, 0.15) is 0 Å². The van der Waals surface area contributed by atoms with Gasteiger partial charge in [-0.2, -0.15) is 0 Å². The predicted octanol–water partition coefficient (Wildman–Crippen LogP) is 2.06. The van der Waals surface area contributed by atoms with Gasteiger partial charge in [-0.05, 0) is 0 Å². The summed E-state index contributed by atoms with van der Waals surface area (Å²) in [6.07, 6.45) is 1.97. The average molecular weight is 415 g/mol. The van der Waals surface area contributed by atoms with Crippen molar-refractivity contribution in [2.24, 2.45) is 0 Å². The number of fused-ring (bicyclic) bond motifs is 1. The van der Waals surface area contributed by atoms with Crippen molar-refractivity contribution in [3.05, 3.63) is 23.8 Å². The number of aromatic nitrogens is 2. The summed E-state index contributed by atoms with van der Waals surface area (Å²) in [6, 6.07) is 1.73. The molecule has 128 valence electrons. The van der Waals surface area contributed by atoms with Crippen molar-refractivity contribution in [1.82, 2.24) is 8.61 Å². The van der Waals surface area contributed by atoms with Gasteiger partial charge < -0.3 is 0 Å². The molecule has 0 N–H and O–H groups in total. The molecule has 0 radical (unpaired) electrons. The van der Waals surface area contributed by atoms with E-state index in [2.05, 4.69) is 5.10 Å². The SMILES string of the molecule is CCOC(=O)c1cc(-c2cn3nc2[se]3)c(CSCCOC(C)=O)o1. The molecule has 9 heteroatoms. The van der Waals surface area contributed by atoms with Crippen LogP contribution in [0, 0.1) is 0 Å². The predicted molar refractivity (Wildman–Crippen MR) is 89.8 cm³/mol. The molecule has 0 saturated heterocycles. The fraction of sp³-hybridized carbons (Fsp3) is 0.400. The second-order valence-electron chi connectivity index (χ2n) is 4.90. The topological polar surface area (TPSA) is 83.0 Å². The van der Waals surface area contributed by atoms with E-state index in [1.54, 1.807) is 24.8 Å². The number of esters is 2. The molecule has 4 aromatic heterocycles. The third-order valence-corrected chi connectivity index (χ3v) is 5.88. The Hall–Kier alpha value is -1.70. The summed E-state index contributed by atoms with van der Waals surface area (Å²) in [4.78, 5) is 22.7. The molecule has 0 aliphatic carbocycles. The summed E-state index contributed by atoms with van der Waals surface area (Å²) in [5.74, 6) is 1.40. The fourth-order valence-electron chi connectivity index (χ4n) is 2.17. The minimum atomic E-state index is -0.464. The first-order valence-corrected chi connectivity index (χ1v) is 10.2. The van der Waals surface area contributed by atoms with Crippen molar-refractivity contribution in [2.75, 3.05) is 19.0 Å². The van der Waals surface area contributed by atoms with Crippen LogP contribution in [0.25, 0.3) is 15.5 Å². The van der Waals surface area contributed by atoms with Crippen LogP contribution in [-0.4, -0.2) is 54.2 Å². The van der Waals surface area contributed by atoms with Crippen molar-refractivity contribution in [3.63, 3.8) is 0 Å². The molecule has 0 saturated carbocycles.